The molecule has 0 unspecified atom stereocenters. The Morgan fingerprint density at radius 2 is 1.87 bits per heavy atom. The quantitative estimate of drug-likeness (QED) is 0.495. The van der Waals surface area contributed by atoms with Gasteiger partial charge in [0.1, 0.15) is 0 Å². The maximum Gasteiger partial charge on any atom is 0.280 e. The molecule has 2 aromatic carbocycles. The normalized spacial score (nSPS) is 15.9. The summed E-state index contributed by atoms with van der Waals surface area (Å²) in [6.45, 7) is 1.74. The van der Waals surface area contributed by atoms with E-state index in [1.165, 1.54) is 17.1 Å². The third-order valence-corrected chi connectivity index (χ3v) is 3.46. The van der Waals surface area contributed by atoms with Gasteiger partial charge in [-0.15, -0.1) is 0 Å². The van der Waals surface area contributed by atoms with E-state index in [1.807, 2.05) is 18.2 Å². The van der Waals surface area contributed by atoms with Crippen LogP contribution < -0.4 is 5.01 Å². The van der Waals surface area contributed by atoms with E-state index in [2.05, 4.69) is 5.10 Å². The van der Waals surface area contributed by atoms with Crippen molar-refractivity contribution in [1.29, 1.82) is 0 Å². The number of hydrogen-bond donors (Lipinski definition) is 0. The van der Waals surface area contributed by atoms with E-state index >= 15 is 0 Å². The molecule has 3 rings (SSSR count). The lowest BCUT2D eigenvalue weighted by Crippen LogP contribution is -2.21. The molecule has 1 heterocycles. The molecule has 1 aliphatic heterocycles. The molecule has 114 valence electrons. The van der Waals surface area contributed by atoms with Crippen molar-refractivity contribution in [2.45, 2.75) is 6.92 Å². The van der Waals surface area contributed by atoms with E-state index in [1.54, 1.807) is 37.3 Å². The lowest BCUT2D eigenvalue weighted by molar-refractivity contribution is -0.384. The zero-order chi connectivity index (χ0) is 16.4. The largest absolute Gasteiger partial charge is 0.280 e. The second-order valence-electron chi connectivity index (χ2n) is 5.05. The van der Waals surface area contributed by atoms with Crippen molar-refractivity contribution in [3.05, 3.63) is 75.8 Å². The van der Waals surface area contributed by atoms with E-state index in [9.17, 15) is 14.9 Å². The van der Waals surface area contributed by atoms with Gasteiger partial charge in [0.05, 0.1) is 21.9 Å². The number of benzene rings is 2. The first-order valence-corrected chi connectivity index (χ1v) is 6.97. The Bertz CT molecular complexity index is 841. The minimum Gasteiger partial charge on any atom is -0.267 e. The summed E-state index contributed by atoms with van der Waals surface area (Å²) in [7, 11) is 0. The van der Waals surface area contributed by atoms with Crippen molar-refractivity contribution in [3.8, 4) is 0 Å². The van der Waals surface area contributed by atoms with Crippen LogP contribution in [0.1, 0.15) is 12.5 Å². The molecule has 0 N–H and O–H groups in total. The highest BCUT2D eigenvalue weighted by molar-refractivity contribution is 6.32. The summed E-state index contributed by atoms with van der Waals surface area (Å²) in [5.74, 6) is -0.250. The van der Waals surface area contributed by atoms with Crippen molar-refractivity contribution < 1.29 is 9.72 Å². The fourth-order valence-electron chi connectivity index (χ4n) is 2.32. The van der Waals surface area contributed by atoms with Gasteiger partial charge in [-0.05, 0) is 30.7 Å². The van der Waals surface area contributed by atoms with E-state index in [0.717, 1.165) is 0 Å². The molecular weight excluding hydrogens is 294 g/mol. The number of amides is 1. The van der Waals surface area contributed by atoms with Gasteiger partial charge in [-0.3, -0.25) is 14.9 Å². The number of carbonyl (C=O) groups is 1. The lowest BCUT2D eigenvalue weighted by atomic mass is 10.1. The van der Waals surface area contributed by atoms with Crippen LogP contribution in [0.3, 0.4) is 0 Å². The molecule has 0 fully saturated rings. The van der Waals surface area contributed by atoms with Crippen LogP contribution in [0.25, 0.3) is 6.08 Å². The molecule has 0 aromatic heterocycles. The highest BCUT2D eigenvalue weighted by atomic mass is 16.6. The van der Waals surface area contributed by atoms with Gasteiger partial charge in [0.15, 0.2) is 0 Å². The highest BCUT2D eigenvalue weighted by Gasteiger charge is 2.28. The SMILES string of the molecule is CC1=NN(c2ccccc2)C(=O)C1=Cc1cccc([N+](=O)[O-])c1. The number of rotatable bonds is 3. The van der Waals surface area contributed by atoms with E-state index in [4.69, 9.17) is 0 Å². The molecule has 1 aliphatic rings. The summed E-state index contributed by atoms with van der Waals surface area (Å²) in [4.78, 5) is 22.9. The lowest BCUT2D eigenvalue weighted by Gasteiger charge is -2.10. The van der Waals surface area contributed by atoms with Crippen molar-refractivity contribution in [3.63, 3.8) is 0 Å². The Labute approximate surface area is 132 Å². The number of hydrazone groups is 1. The summed E-state index contributed by atoms with van der Waals surface area (Å²) in [5.41, 5.74) is 2.25. The topological polar surface area (TPSA) is 75.8 Å². The number of nitrogens with zero attached hydrogens (tertiary/aromatic N) is 3. The average Bonchev–Trinajstić information content (AvgIpc) is 2.84. The zero-order valence-electron chi connectivity index (χ0n) is 12.3. The van der Waals surface area contributed by atoms with Crippen LogP contribution in [-0.4, -0.2) is 16.5 Å². The Balaban J connectivity index is 1.95. The standard InChI is InChI=1S/C17H13N3O3/c1-12-16(11-13-6-5-9-15(10-13)20(22)23)17(21)19(18-12)14-7-3-2-4-8-14/h2-11H,1H3. The third-order valence-electron chi connectivity index (χ3n) is 3.46. The number of carbonyl (C=O) groups excluding carboxylic acids is 1. The number of nitro groups is 1. The molecule has 0 atom stereocenters. The number of anilines is 1. The molecule has 6 heteroatoms. The fourth-order valence-corrected chi connectivity index (χ4v) is 2.32. The maximum absolute atomic E-state index is 12.5. The molecule has 0 spiro atoms. The Kier molecular flexibility index (Phi) is 3.72. The van der Waals surface area contributed by atoms with Gasteiger partial charge < -0.3 is 0 Å². The average molecular weight is 307 g/mol. The second-order valence-corrected chi connectivity index (χ2v) is 5.05. The predicted molar refractivity (Wildman–Crippen MR) is 88.1 cm³/mol. The fraction of sp³-hybridized carbons (Fsp3) is 0.0588. The summed E-state index contributed by atoms with van der Waals surface area (Å²) in [5, 5.41) is 16.4. The van der Waals surface area contributed by atoms with Gasteiger partial charge >= 0.3 is 0 Å². The Hall–Kier alpha value is -3.28. The van der Waals surface area contributed by atoms with Gasteiger partial charge in [-0.1, -0.05) is 30.3 Å². The van der Waals surface area contributed by atoms with E-state index in [0.29, 0.717) is 22.5 Å². The molecule has 23 heavy (non-hydrogen) atoms. The molecule has 0 bridgehead atoms. The molecule has 0 radical (unpaired) electrons. The number of non-ortho nitro benzene ring substituents is 1. The number of para-hydroxylation sites is 1. The molecule has 0 saturated heterocycles. The number of nitro benzene ring substituents is 1. The van der Waals surface area contributed by atoms with Gasteiger partial charge in [0.2, 0.25) is 0 Å². The molecule has 1 amide bonds. The predicted octanol–water partition coefficient (Wildman–Crippen LogP) is 3.40. The minimum absolute atomic E-state index is 0.0145. The smallest absolute Gasteiger partial charge is 0.267 e. The maximum atomic E-state index is 12.5. The molecule has 2 aromatic rings. The Morgan fingerprint density at radius 3 is 2.57 bits per heavy atom. The van der Waals surface area contributed by atoms with Crippen molar-refractivity contribution in [1.82, 2.24) is 0 Å². The summed E-state index contributed by atoms with van der Waals surface area (Å²) in [6, 6.07) is 15.3. The summed E-state index contributed by atoms with van der Waals surface area (Å²) in [6.07, 6.45) is 1.62. The summed E-state index contributed by atoms with van der Waals surface area (Å²) < 4.78 is 0. The van der Waals surface area contributed by atoms with Gasteiger partial charge in [-0.2, -0.15) is 10.1 Å². The van der Waals surface area contributed by atoms with Crippen LogP contribution in [0.4, 0.5) is 11.4 Å². The molecular formula is C17H13N3O3. The van der Waals surface area contributed by atoms with Crippen LogP contribution in [0.2, 0.25) is 0 Å². The second kappa shape index (κ2) is 5.84. The number of hydrogen-bond acceptors (Lipinski definition) is 4. The van der Waals surface area contributed by atoms with Crippen LogP contribution in [0.15, 0.2) is 65.3 Å². The Morgan fingerprint density at radius 1 is 1.13 bits per heavy atom. The summed E-state index contributed by atoms with van der Waals surface area (Å²) >= 11 is 0. The van der Waals surface area contributed by atoms with E-state index < -0.39 is 4.92 Å². The first kappa shape index (κ1) is 14.6. The van der Waals surface area contributed by atoms with Crippen molar-refractivity contribution >= 4 is 29.1 Å². The first-order chi connectivity index (χ1) is 11.1. The molecule has 0 aliphatic carbocycles. The van der Waals surface area contributed by atoms with Crippen molar-refractivity contribution in [2.75, 3.05) is 5.01 Å². The van der Waals surface area contributed by atoms with Crippen LogP contribution in [0.5, 0.6) is 0 Å². The van der Waals surface area contributed by atoms with Crippen LogP contribution in [-0.2, 0) is 4.79 Å². The third kappa shape index (κ3) is 2.87. The molecule has 6 nitrogen and oxygen atoms in total. The van der Waals surface area contributed by atoms with E-state index in [-0.39, 0.29) is 11.6 Å². The van der Waals surface area contributed by atoms with Gasteiger partial charge in [0, 0.05) is 12.1 Å². The minimum atomic E-state index is -0.463. The van der Waals surface area contributed by atoms with Gasteiger partial charge in [-0.25, -0.2) is 0 Å². The van der Waals surface area contributed by atoms with Crippen molar-refractivity contribution in [2.24, 2.45) is 5.10 Å². The van der Waals surface area contributed by atoms with Crippen LogP contribution in [0, 0.1) is 10.1 Å². The monoisotopic (exact) mass is 307 g/mol. The molecule has 0 saturated carbocycles. The van der Waals surface area contributed by atoms with Crippen LogP contribution >= 0.6 is 0 Å². The first-order valence-electron chi connectivity index (χ1n) is 6.97. The highest BCUT2D eigenvalue weighted by Crippen LogP contribution is 2.25. The zero-order valence-corrected chi connectivity index (χ0v) is 12.3. The van der Waals surface area contributed by atoms with Gasteiger partial charge in [0.25, 0.3) is 11.6 Å².